The molecular formula is C10H11BrN2. The number of hydrogen-bond donors (Lipinski definition) is 1. The normalized spacial score (nSPS) is 9.54. The standard InChI is InChI=1S/C10H11BrN2/c11-10-3-1-2-9(8-10)4-6-13-7-5-12/h1-3,8,13H,4,6-7H2. The fourth-order valence-corrected chi connectivity index (χ4v) is 1.52. The Morgan fingerprint density at radius 1 is 1.46 bits per heavy atom. The van der Waals surface area contributed by atoms with Crippen LogP contribution in [0.3, 0.4) is 0 Å². The Kier molecular flexibility index (Phi) is 4.52. The fraction of sp³-hybridized carbons (Fsp3) is 0.300. The Morgan fingerprint density at radius 2 is 2.31 bits per heavy atom. The van der Waals surface area contributed by atoms with Crippen molar-refractivity contribution in [3.05, 3.63) is 34.3 Å². The second-order valence-electron chi connectivity index (χ2n) is 2.71. The Balaban J connectivity index is 2.33. The first-order chi connectivity index (χ1) is 6.33. The molecule has 0 aliphatic heterocycles. The molecule has 1 N–H and O–H groups in total. The summed E-state index contributed by atoms with van der Waals surface area (Å²) in [4.78, 5) is 0. The Bertz CT molecular complexity index is 304. The van der Waals surface area contributed by atoms with Gasteiger partial charge in [-0.25, -0.2) is 0 Å². The smallest absolute Gasteiger partial charge is 0.0841 e. The van der Waals surface area contributed by atoms with E-state index < -0.39 is 0 Å². The van der Waals surface area contributed by atoms with Gasteiger partial charge in [0.15, 0.2) is 0 Å². The monoisotopic (exact) mass is 238 g/mol. The number of nitrogens with one attached hydrogen (secondary N) is 1. The summed E-state index contributed by atoms with van der Waals surface area (Å²) in [6.07, 6.45) is 0.959. The minimum Gasteiger partial charge on any atom is -0.304 e. The van der Waals surface area contributed by atoms with Crippen LogP contribution in [0.1, 0.15) is 5.56 Å². The molecule has 0 fully saturated rings. The van der Waals surface area contributed by atoms with E-state index in [4.69, 9.17) is 5.26 Å². The number of rotatable bonds is 4. The van der Waals surface area contributed by atoms with Crippen LogP contribution in [0.15, 0.2) is 28.7 Å². The zero-order valence-electron chi connectivity index (χ0n) is 7.26. The number of benzene rings is 1. The van der Waals surface area contributed by atoms with E-state index in [1.165, 1.54) is 5.56 Å². The number of hydrogen-bond acceptors (Lipinski definition) is 2. The molecule has 3 heteroatoms. The van der Waals surface area contributed by atoms with Gasteiger partial charge in [-0.2, -0.15) is 5.26 Å². The zero-order valence-corrected chi connectivity index (χ0v) is 8.84. The maximum absolute atomic E-state index is 8.29. The van der Waals surface area contributed by atoms with E-state index in [0.29, 0.717) is 6.54 Å². The van der Waals surface area contributed by atoms with Crippen molar-refractivity contribution in [2.45, 2.75) is 6.42 Å². The lowest BCUT2D eigenvalue weighted by molar-refractivity contribution is 0.749. The van der Waals surface area contributed by atoms with Crippen LogP contribution in [-0.4, -0.2) is 13.1 Å². The molecule has 1 rings (SSSR count). The van der Waals surface area contributed by atoms with Crippen molar-refractivity contribution in [2.24, 2.45) is 0 Å². The van der Waals surface area contributed by atoms with Gasteiger partial charge in [0.2, 0.25) is 0 Å². The second kappa shape index (κ2) is 5.74. The first-order valence-corrected chi connectivity index (χ1v) is 4.94. The maximum Gasteiger partial charge on any atom is 0.0841 e. The first kappa shape index (κ1) is 10.2. The van der Waals surface area contributed by atoms with Gasteiger partial charge in [0, 0.05) is 11.0 Å². The SMILES string of the molecule is N#CCNCCc1cccc(Br)c1. The van der Waals surface area contributed by atoms with Gasteiger partial charge in [0.1, 0.15) is 0 Å². The molecule has 0 aromatic heterocycles. The van der Waals surface area contributed by atoms with Crippen molar-refractivity contribution >= 4 is 15.9 Å². The molecule has 0 spiro atoms. The average Bonchev–Trinajstić information content (AvgIpc) is 2.13. The molecular weight excluding hydrogens is 228 g/mol. The van der Waals surface area contributed by atoms with Gasteiger partial charge >= 0.3 is 0 Å². The third kappa shape index (κ3) is 4.07. The molecule has 0 heterocycles. The predicted octanol–water partition coefficient (Wildman–Crippen LogP) is 2.10. The summed E-state index contributed by atoms with van der Waals surface area (Å²) in [6.45, 7) is 1.28. The van der Waals surface area contributed by atoms with E-state index in [1.54, 1.807) is 0 Å². The minimum atomic E-state index is 0.425. The number of halogens is 1. The molecule has 0 saturated carbocycles. The summed E-state index contributed by atoms with van der Waals surface area (Å²) in [6, 6.07) is 10.2. The van der Waals surface area contributed by atoms with Gasteiger partial charge in [-0.1, -0.05) is 28.1 Å². The molecule has 0 atom stereocenters. The quantitative estimate of drug-likeness (QED) is 0.645. The van der Waals surface area contributed by atoms with E-state index in [-0.39, 0.29) is 0 Å². The van der Waals surface area contributed by atoms with Crippen LogP contribution in [0.25, 0.3) is 0 Å². The topological polar surface area (TPSA) is 35.8 Å². The molecule has 13 heavy (non-hydrogen) atoms. The molecule has 0 unspecified atom stereocenters. The highest BCUT2D eigenvalue weighted by atomic mass is 79.9. The van der Waals surface area contributed by atoms with Gasteiger partial charge in [0.05, 0.1) is 12.6 Å². The summed E-state index contributed by atoms with van der Waals surface area (Å²) >= 11 is 3.41. The van der Waals surface area contributed by atoms with Crippen LogP contribution in [0.4, 0.5) is 0 Å². The second-order valence-corrected chi connectivity index (χ2v) is 3.63. The summed E-state index contributed by atoms with van der Waals surface area (Å²) in [7, 11) is 0. The van der Waals surface area contributed by atoms with E-state index in [2.05, 4.69) is 33.4 Å². The largest absolute Gasteiger partial charge is 0.304 e. The molecule has 68 valence electrons. The van der Waals surface area contributed by atoms with Crippen molar-refractivity contribution in [3.8, 4) is 6.07 Å². The molecule has 0 saturated heterocycles. The molecule has 0 aliphatic carbocycles. The molecule has 1 aromatic rings. The highest BCUT2D eigenvalue weighted by Gasteiger charge is 1.92. The average molecular weight is 239 g/mol. The fourth-order valence-electron chi connectivity index (χ4n) is 1.07. The van der Waals surface area contributed by atoms with E-state index in [1.807, 2.05) is 18.2 Å². The van der Waals surface area contributed by atoms with E-state index in [9.17, 15) is 0 Å². The molecule has 0 bridgehead atoms. The van der Waals surface area contributed by atoms with Crippen molar-refractivity contribution in [2.75, 3.05) is 13.1 Å². The highest BCUT2D eigenvalue weighted by Crippen LogP contribution is 2.11. The lowest BCUT2D eigenvalue weighted by Crippen LogP contribution is -2.17. The van der Waals surface area contributed by atoms with Gasteiger partial charge in [-0.3, -0.25) is 0 Å². The van der Waals surface area contributed by atoms with Crippen LogP contribution in [0, 0.1) is 11.3 Å². The first-order valence-electron chi connectivity index (χ1n) is 4.15. The van der Waals surface area contributed by atoms with Crippen molar-refractivity contribution in [3.63, 3.8) is 0 Å². The summed E-state index contributed by atoms with van der Waals surface area (Å²) in [5, 5.41) is 11.3. The van der Waals surface area contributed by atoms with Gasteiger partial charge in [0.25, 0.3) is 0 Å². The third-order valence-corrected chi connectivity index (χ3v) is 2.18. The van der Waals surface area contributed by atoms with Crippen molar-refractivity contribution in [1.82, 2.24) is 5.32 Å². The highest BCUT2D eigenvalue weighted by molar-refractivity contribution is 9.10. The van der Waals surface area contributed by atoms with Crippen molar-refractivity contribution in [1.29, 1.82) is 5.26 Å². The molecule has 1 aromatic carbocycles. The maximum atomic E-state index is 8.29. The molecule has 2 nitrogen and oxygen atoms in total. The van der Waals surface area contributed by atoms with Crippen LogP contribution in [-0.2, 0) is 6.42 Å². The van der Waals surface area contributed by atoms with Crippen LogP contribution >= 0.6 is 15.9 Å². The van der Waals surface area contributed by atoms with E-state index in [0.717, 1.165) is 17.4 Å². The van der Waals surface area contributed by atoms with Gasteiger partial charge in [-0.15, -0.1) is 0 Å². The Labute approximate surface area is 86.7 Å². The summed E-state index contributed by atoms with van der Waals surface area (Å²) < 4.78 is 1.10. The Morgan fingerprint density at radius 3 is 3.00 bits per heavy atom. The Hall–Kier alpha value is -0.850. The van der Waals surface area contributed by atoms with E-state index >= 15 is 0 Å². The predicted molar refractivity (Wildman–Crippen MR) is 56.3 cm³/mol. The van der Waals surface area contributed by atoms with Gasteiger partial charge in [-0.05, 0) is 24.1 Å². The number of nitrogens with zero attached hydrogens (tertiary/aromatic N) is 1. The molecule has 0 amide bonds. The molecule has 0 aliphatic rings. The zero-order chi connectivity index (χ0) is 9.52. The van der Waals surface area contributed by atoms with Crippen molar-refractivity contribution < 1.29 is 0 Å². The lowest BCUT2D eigenvalue weighted by Gasteiger charge is -2.01. The third-order valence-electron chi connectivity index (χ3n) is 1.68. The number of nitriles is 1. The minimum absolute atomic E-state index is 0.425. The van der Waals surface area contributed by atoms with Gasteiger partial charge < -0.3 is 5.32 Å². The summed E-state index contributed by atoms with van der Waals surface area (Å²) in [5.41, 5.74) is 1.28. The van der Waals surface area contributed by atoms with Crippen LogP contribution in [0.5, 0.6) is 0 Å². The van der Waals surface area contributed by atoms with Crippen LogP contribution < -0.4 is 5.32 Å². The molecule has 0 radical (unpaired) electrons. The van der Waals surface area contributed by atoms with Crippen LogP contribution in [0.2, 0.25) is 0 Å². The summed E-state index contributed by atoms with van der Waals surface area (Å²) in [5.74, 6) is 0. The lowest BCUT2D eigenvalue weighted by atomic mass is 10.1.